The Hall–Kier alpha value is -0.0900. The fourth-order valence-electron chi connectivity index (χ4n) is 1.41. The lowest BCUT2D eigenvalue weighted by Gasteiger charge is -2.11. The average molecular weight is 294 g/mol. The van der Waals surface area contributed by atoms with Crippen molar-refractivity contribution in [1.82, 2.24) is 0 Å². The topological polar surface area (TPSA) is 52.0 Å². The zero-order valence-electron chi connectivity index (χ0n) is 8.66. The van der Waals surface area contributed by atoms with Crippen molar-refractivity contribution >= 4 is 28.3 Å². The van der Waals surface area contributed by atoms with Crippen molar-refractivity contribution in [1.29, 1.82) is 0 Å². The van der Waals surface area contributed by atoms with Crippen LogP contribution in [0.4, 0.5) is 0 Å². The molecule has 0 amide bonds. The van der Waals surface area contributed by atoms with Crippen LogP contribution in [0.15, 0.2) is 28.7 Å². The molecular formula is C11H18BrClN2. The zero-order valence-corrected chi connectivity index (χ0v) is 11.1. The van der Waals surface area contributed by atoms with Crippen LogP contribution >= 0.6 is 28.3 Å². The summed E-state index contributed by atoms with van der Waals surface area (Å²) in [5.41, 5.74) is 12.7. The molecule has 1 atom stereocenters. The molecule has 0 spiro atoms. The van der Waals surface area contributed by atoms with Gasteiger partial charge in [-0.1, -0.05) is 34.5 Å². The summed E-state index contributed by atoms with van der Waals surface area (Å²) in [7, 11) is 0. The first-order valence-corrected chi connectivity index (χ1v) is 5.74. The van der Waals surface area contributed by atoms with E-state index in [4.69, 9.17) is 11.5 Å². The molecule has 86 valence electrons. The fraction of sp³-hybridized carbons (Fsp3) is 0.455. The zero-order chi connectivity index (χ0) is 10.4. The highest BCUT2D eigenvalue weighted by Gasteiger charge is 2.05. The van der Waals surface area contributed by atoms with E-state index in [0.29, 0.717) is 0 Å². The smallest absolute Gasteiger partial charge is 0.0295 e. The monoisotopic (exact) mass is 292 g/mol. The van der Waals surface area contributed by atoms with E-state index in [2.05, 4.69) is 28.1 Å². The molecular weight excluding hydrogens is 275 g/mol. The van der Waals surface area contributed by atoms with E-state index in [0.717, 1.165) is 30.3 Å². The van der Waals surface area contributed by atoms with Crippen molar-refractivity contribution in [2.45, 2.75) is 25.3 Å². The summed E-state index contributed by atoms with van der Waals surface area (Å²) in [5.74, 6) is 0. The van der Waals surface area contributed by atoms with Gasteiger partial charge in [-0.3, -0.25) is 0 Å². The molecule has 4 heteroatoms. The van der Waals surface area contributed by atoms with E-state index < -0.39 is 0 Å². The van der Waals surface area contributed by atoms with Gasteiger partial charge in [0.05, 0.1) is 0 Å². The van der Waals surface area contributed by atoms with Gasteiger partial charge in [-0.05, 0) is 37.1 Å². The molecule has 0 unspecified atom stereocenters. The lowest BCUT2D eigenvalue weighted by atomic mass is 10.0. The molecule has 0 bridgehead atoms. The van der Waals surface area contributed by atoms with Gasteiger partial charge in [0.15, 0.2) is 0 Å². The molecule has 4 N–H and O–H groups in total. The molecule has 1 aromatic carbocycles. The Morgan fingerprint density at radius 3 is 2.60 bits per heavy atom. The van der Waals surface area contributed by atoms with Crippen LogP contribution in [0.5, 0.6) is 0 Å². The fourth-order valence-corrected chi connectivity index (χ4v) is 1.83. The number of unbranched alkanes of at least 4 members (excludes halogenated alkanes) is 1. The first-order chi connectivity index (χ1) is 6.74. The number of nitrogens with two attached hydrogens (primary N) is 2. The van der Waals surface area contributed by atoms with Gasteiger partial charge in [0.2, 0.25) is 0 Å². The highest BCUT2D eigenvalue weighted by Crippen LogP contribution is 2.20. The van der Waals surface area contributed by atoms with E-state index in [9.17, 15) is 0 Å². The van der Waals surface area contributed by atoms with Gasteiger partial charge in [-0.15, -0.1) is 12.4 Å². The Bertz CT molecular complexity index is 281. The molecule has 0 saturated heterocycles. The molecule has 15 heavy (non-hydrogen) atoms. The second-order valence-corrected chi connectivity index (χ2v) is 4.36. The van der Waals surface area contributed by atoms with Gasteiger partial charge in [-0.25, -0.2) is 0 Å². The summed E-state index contributed by atoms with van der Waals surface area (Å²) in [5, 5.41) is 0. The molecule has 0 aromatic heterocycles. The van der Waals surface area contributed by atoms with Crippen LogP contribution < -0.4 is 11.5 Å². The summed E-state index contributed by atoms with van der Waals surface area (Å²) >= 11 is 3.44. The van der Waals surface area contributed by atoms with Crippen molar-refractivity contribution in [3.63, 3.8) is 0 Å². The third-order valence-electron chi connectivity index (χ3n) is 2.25. The largest absolute Gasteiger partial charge is 0.330 e. The Morgan fingerprint density at radius 1 is 1.27 bits per heavy atom. The predicted octanol–water partition coefficient (Wildman–Crippen LogP) is 3.00. The van der Waals surface area contributed by atoms with Gasteiger partial charge >= 0.3 is 0 Å². The van der Waals surface area contributed by atoms with Crippen molar-refractivity contribution in [2.24, 2.45) is 11.5 Å². The minimum absolute atomic E-state index is 0. The normalized spacial score (nSPS) is 11.9. The lowest BCUT2D eigenvalue weighted by molar-refractivity contribution is 0.591. The first-order valence-electron chi connectivity index (χ1n) is 4.95. The number of halogens is 2. The van der Waals surface area contributed by atoms with Gasteiger partial charge in [0.1, 0.15) is 0 Å². The van der Waals surface area contributed by atoms with E-state index in [1.807, 2.05) is 12.1 Å². The molecule has 0 aliphatic carbocycles. The van der Waals surface area contributed by atoms with Crippen molar-refractivity contribution in [2.75, 3.05) is 6.54 Å². The van der Waals surface area contributed by atoms with E-state index in [-0.39, 0.29) is 18.4 Å². The molecule has 1 rings (SSSR count). The highest BCUT2D eigenvalue weighted by atomic mass is 79.9. The summed E-state index contributed by atoms with van der Waals surface area (Å²) in [4.78, 5) is 0. The molecule has 2 nitrogen and oxygen atoms in total. The van der Waals surface area contributed by atoms with Crippen LogP contribution in [-0.2, 0) is 0 Å². The van der Waals surface area contributed by atoms with Crippen molar-refractivity contribution in [3.8, 4) is 0 Å². The SMILES string of the molecule is Cl.NCCCC[C@H](N)c1cccc(Br)c1. The minimum atomic E-state index is 0. The van der Waals surface area contributed by atoms with Crippen molar-refractivity contribution < 1.29 is 0 Å². The third-order valence-corrected chi connectivity index (χ3v) is 2.74. The predicted molar refractivity (Wildman–Crippen MR) is 71.2 cm³/mol. The van der Waals surface area contributed by atoms with Gasteiger partial charge < -0.3 is 11.5 Å². The quantitative estimate of drug-likeness (QED) is 0.820. The maximum absolute atomic E-state index is 6.04. The van der Waals surface area contributed by atoms with Crippen LogP contribution in [0.1, 0.15) is 30.9 Å². The Balaban J connectivity index is 0.00000196. The molecule has 1 aromatic rings. The Labute approximate surface area is 106 Å². The number of benzene rings is 1. The van der Waals surface area contributed by atoms with Gasteiger partial charge in [0.25, 0.3) is 0 Å². The second-order valence-electron chi connectivity index (χ2n) is 3.45. The van der Waals surface area contributed by atoms with E-state index >= 15 is 0 Å². The van der Waals surface area contributed by atoms with Crippen LogP contribution in [-0.4, -0.2) is 6.54 Å². The lowest BCUT2D eigenvalue weighted by Crippen LogP contribution is -2.10. The standard InChI is InChI=1S/C11H17BrN2.ClH/c12-10-5-3-4-9(8-10)11(14)6-1-2-7-13;/h3-5,8,11H,1-2,6-7,13-14H2;1H/t11-;/m0./s1. The first kappa shape index (κ1) is 14.9. The molecule has 0 saturated carbocycles. The van der Waals surface area contributed by atoms with Crippen LogP contribution in [0.3, 0.4) is 0 Å². The molecule has 0 aliphatic rings. The summed E-state index contributed by atoms with van der Waals surface area (Å²) in [6, 6.07) is 8.31. The maximum atomic E-state index is 6.04. The van der Waals surface area contributed by atoms with Gasteiger partial charge in [-0.2, -0.15) is 0 Å². The maximum Gasteiger partial charge on any atom is 0.0295 e. The summed E-state index contributed by atoms with van der Waals surface area (Å²) in [6.45, 7) is 0.755. The highest BCUT2D eigenvalue weighted by molar-refractivity contribution is 9.10. The summed E-state index contributed by atoms with van der Waals surface area (Å²) in [6.07, 6.45) is 3.17. The number of rotatable bonds is 5. The average Bonchev–Trinajstić information content (AvgIpc) is 2.18. The second kappa shape index (κ2) is 8.11. The number of hydrogen-bond donors (Lipinski definition) is 2. The van der Waals surface area contributed by atoms with Gasteiger partial charge in [0, 0.05) is 10.5 Å². The van der Waals surface area contributed by atoms with Crippen molar-refractivity contribution in [3.05, 3.63) is 34.3 Å². The van der Waals surface area contributed by atoms with Crippen LogP contribution in [0.25, 0.3) is 0 Å². The molecule has 0 fully saturated rings. The van der Waals surface area contributed by atoms with Crippen LogP contribution in [0.2, 0.25) is 0 Å². The molecule has 0 aliphatic heterocycles. The third kappa shape index (κ3) is 5.52. The van der Waals surface area contributed by atoms with Crippen LogP contribution in [0, 0.1) is 0 Å². The Kier molecular flexibility index (Phi) is 8.06. The molecule has 0 heterocycles. The number of hydrogen-bond acceptors (Lipinski definition) is 2. The molecule has 0 radical (unpaired) electrons. The summed E-state index contributed by atoms with van der Waals surface area (Å²) < 4.78 is 1.09. The van der Waals surface area contributed by atoms with E-state index in [1.54, 1.807) is 0 Å². The Morgan fingerprint density at radius 2 is 2.00 bits per heavy atom. The minimum Gasteiger partial charge on any atom is -0.330 e. The van der Waals surface area contributed by atoms with E-state index in [1.165, 1.54) is 5.56 Å².